The van der Waals surface area contributed by atoms with E-state index in [0.717, 1.165) is 30.5 Å². The van der Waals surface area contributed by atoms with Crippen molar-refractivity contribution in [3.05, 3.63) is 17.4 Å². The molecule has 1 amide bonds. The van der Waals surface area contributed by atoms with Gasteiger partial charge in [-0.15, -0.1) is 0 Å². The molecule has 3 N–H and O–H groups in total. The maximum Gasteiger partial charge on any atom is 0.254 e. The van der Waals surface area contributed by atoms with Crippen LogP contribution in [-0.2, 0) is 6.42 Å². The van der Waals surface area contributed by atoms with E-state index in [-0.39, 0.29) is 5.91 Å². The van der Waals surface area contributed by atoms with Crippen LogP contribution in [0.3, 0.4) is 0 Å². The molecule has 4 nitrogen and oxygen atoms in total. The summed E-state index contributed by atoms with van der Waals surface area (Å²) in [6, 6.07) is 1.70. The van der Waals surface area contributed by atoms with E-state index in [1.807, 2.05) is 0 Å². The highest BCUT2D eigenvalue weighted by Crippen LogP contribution is 2.23. The third kappa shape index (κ3) is 1.57. The summed E-state index contributed by atoms with van der Waals surface area (Å²) in [6.07, 6.45) is 1.72. The van der Waals surface area contributed by atoms with Gasteiger partial charge in [0.25, 0.3) is 5.91 Å². The molecule has 1 aliphatic heterocycles. The fourth-order valence-corrected chi connectivity index (χ4v) is 1.72. The van der Waals surface area contributed by atoms with Crippen molar-refractivity contribution in [3.63, 3.8) is 0 Å². The summed E-state index contributed by atoms with van der Waals surface area (Å²) in [5.74, 6) is 0.694. The predicted molar refractivity (Wildman–Crippen MR) is 49.4 cm³/mol. The number of hydrogen-bond acceptors (Lipinski definition) is 4. The Kier molecular flexibility index (Phi) is 2.28. The molecule has 0 saturated carbocycles. The van der Waals surface area contributed by atoms with Gasteiger partial charge in [0.15, 0.2) is 5.09 Å². The molecule has 0 aromatic carbocycles. The zero-order chi connectivity index (χ0) is 9.26. The summed E-state index contributed by atoms with van der Waals surface area (Å²) in [7, 11) is 0. The van der Waals surface area contributed by atoms with E-state index in [0.29, 0.717) is 17.2 Å². The molecular weight excluding hydrogens is 188 g/mol. The van der Waals surface area contributed by atoms with E-state index in [4.69, 9.17) is 9.56 Å². The normalized spacial score (nSPS) is 16.2. The summed E-state index contributed by atoms with van der Waals surface area (Å²) >= 11 is 1.02. The minimum absolute atomic E-state index is 0.0587. The first kappa shape index (κ1) is 8.65. The SMILES string of the molecule is NSc1cc2c(o1)CCCNC2=O. The molecular formula is C8H10N2O2S. The Morgan fingerprint density at radius 1 is 1.62 bits per heavy atom. The van der Waals surface area contributed by atoms with Crippen LogP contribution in [0.25, 0.3) is 0 Å². The Balaban J connectivity index is 2.39. The van der Waals surface area contributed by atoms with Crippen LogP contribution in [0.2, 0.25) is 0 Å². The smallest absolute Gasteiger partial charge is 0.254 e. The van der Waals surface area contributed by atoms with E-state index in [2.05, 4.69) is 5.32 Å². The first-order valence-corrected chi connectivity index (χ1v) is 4.97. The number of hydrogen-bond donors (Lipinski definition) is 2. The molecule has 1 aliphatic rings. The molecule has 0 saturated heterocycles. The van der Waals surface area contributed by atoms with Gasteiger partial charge in [0.2, 0.25) is 0 Å². The van der Waals surface area contributed by atoms with Gasteiger partial charge in [0, 0.05) is 19.0 Å². The monoisotopic (exact) mass is 198 g/mol. The van der Waals surface area contributed by atoms with Crippen LogP contribution in [0.1, 0.15) is 22.5 Å². The van der Waals surface area contributed by atoms with Gasteiger partial charge in [0.1, 0.15) is 5.76 Å². The second-order valence-electron chi connectivity index (χ2n) is 2.88. The molecule has 0 spiro atoms. The molecule has 2 rings (SSSR count). The van der Waals surface area contributed by atoms with Crippen molar-refractivity contribution < 1.29 is 9.21 Å². The van der Waals surface area contributed by atoms with Crippen molar-refractivity contribution in [1.82, 2.24) is 5.32 Å². The minimum Gasteiger partial charge on any atom is -0.453 e. The second-order valence-corrected chi connectivity index (χ2v) is 3.52. The predicted octanol–water partition coefficient (Wildman–Crippen LogP) is 0.921. The van der Waals surface area contributed by atoms with Gasteiger partial charge in [-0.1, -0.05) is 0 Å². The molecule has 0 aliphatic carbocycles. The summed E-state index contributed by atoms with van der Waals surface area (Å²) in [5, 5.41) is 8.73. The Bertz CT molecular complexity index is 335. The molecule has 70 valence electrons. The van der Waals surface area contributed by atoms with Gasteiger partial charge < -0.3 is 9.73 Å². The molecule has 1 aromatic rings. The lowest BCUT2D eigenvalue weighted by atomic mass is 10.2. The molecule has 13 heavy (non-hydrogen) atoms. The number of rotatable bonds is 1. The van der Waals surface area contributed by atoms with Crippen LogP contribution < -0.4 is 10.5 Å². The lowest BCUT2D eigenvalue weighted by Crippen LogP contribution is -2.22. The topological polar surface area (TPSA) is 68.3 Å². The van der Waals surface area contributed by atoms with Crippen molar-refractivity contribution in [3.8, 4) is 0 Å². The Hall–Kier alpha value is -0.940. The highest BCUT2D eigenvalue weighted by atomic mass is 32.2. The van der Waals surface area contributed by atoms with Crippen LogP contribution >= 0.6 is 11.9 Å². The number of carbonyl (C=O) groups excluding carboxylic acids is 1. The number of fused-ring (bicyclic) bond motifs is 1. The molecule has 0 bridgehead atoms. The fourth-order valence-electron chi connectivity index (χ4n) is 1.39. The Morgan fingerprint density at radius 3 is 3.23 bits per heavy atom. The summed E-state index contributed by atoms with van der Waals surface area (Å²) in [4.78, 5) is 11.4. The molecule has 2 heterocycles. The Morgan fingerprint density at radius 2 is 2.46 bits per heavy atom. The van der Waals surface area contributed by atoms with Crippen molar-refractivity contribution in [2.24, 2.45) is 5.14 Å². The second kappa shape index (κ2) is 3.43. The molecule has 0 fully saturated rings. The van der Waals surface area contributed by atoms with Crippen LogP contribution in [0.4, 0.5) is 0 Å². The van der Waals surface area contributed by atoms with Gasteiger partial charge in [0.05, 0.1) is 5.56 Å². The fraction of sp³-hybridized carbons (Fsp3) is 0.375. The summed E-state index contributed by atoms with van der Waals surface area (Å²) < 4.78 is 5.38. The zero-order valence-corrected chi connectivity index (χ0v) is 7.82. The summed E-state index contributed by atoms with van der Waals surface area (Å²) in [5.41, 5.74) is 0.630. The quantitative estimate of drug-likeness (QED) is 0.658. The van der Waals surface area contributed by atoms with Crippen molar-refractivity contribution in [1.29, 1.82) is 0 Å². The maximum absolute atomic E-state index is 11.4. The molecule has 0 unspecified atom stereocenters. The molecule has 0 atom stereocenters. The molecule has 0 radical (unpaired) electrons. The van der Waals surface area contributed by atoms with Crippen molar-refractivity contribution in [2.75, 3.05) is 6.54 Å². The highest BCUT2D eigenvalue weighted by molar-refractivity contribution is 7.96. The van der Waals surface area contributed by atoms with Crippen molar-refractivity contribution in [2.45, 2.75) is 17.9 Å². The average molecular weight is 198 g/mol. The van der Waals surface area contributed by atoms with Gasteiger partial charge in [-0.3, -0.25) is 9.93 Å². The lowest BCUT2D eigenvalue weighted by Gasteiger charge is -1.95. The van der Waals surface area contributed by atoms with Gasteiger partial charge >= 0.3 is 0 Å². The van der Waals surface area contributed by atoms with Crippen molar-refractivity contribution >= 4 is 17.9 Å². The zero-order valence-electron chi connectivity index (χ0n) is 7.00. The van der Waals surface area contributed by atoms with Gasteiger partial charge in [-0.05, 0) is 18.4 Å². The summed E-state index contributed by atoms with van der Waals surface area (Å²) in [6.45, 7) is 0.716. The lowest BCUT2D eigenvalue weighted by molar-refractivity contribution is 0.0955. The average Bonchev–Trinajstić information content (AvgIpc) is 2.48. The van der Waals surface area contributed by atoms with Gasteiger partial charge in [-0.2, -0.15) is 0 Å². The van der Waals surface area contributed by atoms with Gasteiger partial charge in [-0.25, -0.2) is 0 Å². The molecule has 5 heteroatoms. The van der Waals surface area contributed by atoms with E-state index < -0.39 is 0 Å². The van der Waals surface area contributed by atoms with E-state index in [1.165, 1.54) is 0 Å². The largest absolute Gasteiger partial charge is 0.453 e. The number of amides is 1. The van der Waals surface area contributed by atoms with E-state index in [9.17, 15) is 4.79 Å². The number of nitrogens with one attached hydrogen (secondary N) is 1. The third-order valence-electron chi connectivity index (χ3n) is 2.01. The Labute approximate surface area is 80.0 Å². The number of carbonyl (C=O) groups is 1. The first-order valence-electron chi connectivity index (χ1n) is 4.09. The third-order valence-corrected chi connectivity index (χ3v) is 2.45. The standard InChI is InChI=1S/C8H10N2O2S/c9-13-7-4-5-6(12-7)2-1-3-10-8(5)11/h4H,1-3,9H2,(H,10,11). The van der Waals surface area contributed by atoms with Crippen LogP contribution in [-0.4, -0.2) is 12.5 Å². The number of nitrogens with two attached hydrogens (primary N) is 1. The highest BCUT2D eigenvalue weighted by Gasteiger charge is 2.19. The molecule has 1 aromatic heterocycles. The van der Waals surface area contributed by atoms with E-state index in [1.54, 1.807) is 6.07 Å². The van der Waals surface area contributed by atoms with Crippen LogP contribution in [0.15, 0.2) is 15.6 Å². The number of furan rings is 1. The number of aryl methyl sites for hydroxylation is 1. The minimum atomic E-state index is -0.0587. The van der Waals surface area contributed by atoms with Crippen LogP contribution in [0.5, 0.6) is 0 Å². The van der Waals surface area contributed by atoms with Crippen LogP contribution in [0, 0.1) is 0 Å². The first-order chi connectivity index (χ1) is 6.31. The van der Waals surface area contributed by atoms with E-state index >= 15 is 0 Å². The maximum atomic E-state index is 11.4.